The van der Waals surface area contributed by atoms with E-state index in [1.807, 2.05) is 13.0 Å². The van der Waals surface area contributed by atoms with Crippen LogP contribution >= 0.6 is 11.8 Å². The van der Waals surface area contributed by atoms with Crippen molar-refractivity contribution in [1.82, 2.24) is 5.32 Å². The van der Waals surface area contributed by atoms with Gasteiger partial charge in [0.2, 0.25) is 5.91 Å². The maximum absolute atomic E-state index is 13.3. The molecule has 1 aromatic heterocycles. The number of hydrogen-bond donors (Lipinski definition) is 1. The van der Waals surface area contributed by atoms with Gasteiger partial charge >= 0.3 is 0 Å². The van der Waals surface area contributed by atoms with Crippen LogP contribution in [0.4, 0.5) is 10.1 Å². The van der Waals surface area contributed by atoms with Gasteiger partial charge in [0.15, 0.2) is 0 Å². The number of halogens is 1. The molecular formula is C19H16FN3O3S. The van der Waals surface area contributed by atoms with Crippen molar-refractivity contribution < 1.29 is 18.4 Å². The second-order valence-electron chi connectivity index (χ2n) is 5.72. The Morgan fingerprint density at radius 3 is 2.70 bits per heavy atom. The largest absolute Gasteiger partial charge is 0.467 e. The summed E-state index contributed by atoms with van der Waals surface area (Å²) in [4.78, 5) is 26.6. The first-order valence-corrected chi connectivity index (χ1v) is 9.14. The average Bonchev–Trinajstić information content (AvgIpc) is 3.29. The van der Waals surface area contributed by atoms with Crippen LogP contribution in [0, 0.1) is 17.1 Å². The molecule has 0 radical (unpaired) electrons. The molecule has 2 heterocycles. The van der Waals surface area contributed by atoms with E-state index in [4.69, 9.17) is 4.42 Å². The molecule has 0 unspecified atom stereocenters. The molecule has 1 atom stereocenters. The number of nitrogens with one attached hydrogen (secondary N) is 1. The summed E-state index contributed by atoms with van der Waals surface area (Å²) < 4.78 is 18.4. The van der Waals surface area contributed by atoms with Gasteiger partial charge in [0.25, 0.3) is 5.91 Å². The lowest BCUT2D eigenvalue weighted by Gasteiger charge is -2.18. The van der Waals surface area contributed by atoms with Crippen LogP contribution in [0.5, 0.6) is 0 Å². The summed E-state index contributed by atoms with van der Waals surface area (Å²) in [5.74, 6) is -0.737. The smallest absolute Gasteiger partial charge is 0.265 e. The number of rotatable bonds is 5. The Morgan fingerprint density at radius 2 is 2.11 bits per heavy atom. The predicted molar refractivity (Wildman–Crippen MR) is 98.7 cm³/mol. The minimum atomic E-state index is -0.604. The van der Waals surface area contributed by atoms with Gasteiger partial charge in [0, 0.05) is 5.69 Å². The molecule has 1 aliphatic heterocycles. The normalized spacial score (nSPS) is 18.3. The standard InChI is InChI=1S/C19H16FN3O3S/c1-2-16-18(25)23(13-7-5-12(20)6-8-13)19(27-16)15(10-21)17(24)22-11-14-4-3-9-26-14/h3-9,16H,2,11H2,1H3,(H,22,24)/b19-15-/t16-/m0/s1. The third-order valence-electron chi connectivity index (χ3n) is 3.96. The summed E-state index contributed by atoms with van der Waals surface area (Å²) in [6.07, 6.45) is 2.02. The van der Waals surface area contributed by atoms with E-state index in [-0.39, 0.29) is 23.1 Å². The number of amides is 2. The Balaban J connectivity index is 1.94. The number of carbonyl (C=O) groups is 2. The van der Waals surface area contributed by atoms with E-state index in [2.05, 4.69) is 5.32 Å². The number of nitrogens with zero attached hydrogens (tertiary/aromatic N) is 2. The molecule has 8 heteroatoms. The molecule has 0 saturated carbocycles. The number of nitriles is 1. The molecule has 0 spiro atoms. The van der Waals surface area contributed by atoms with Gasteiger partial charge in [-0.15, -0.1) is 0 Å². The molecule has 0 aliphatic carbocycles. The summed E-state index contributed by atoms with van der Waals surface area (Å²) >= 11 is 1.17. The predicted octanol–water partition coefficient (Wildman–Crippen LogP) is 3.33. The number of hydrogen-bond acceptors (Lipinski definition) is 5. The molecular weight excluding hydrogens is 369 g/mol. The Bertz CT molecular complexity index is 917. The Kier molecular flexibility index (Phi) is 5.62. The summed E-state index contributed by atoms with van der Waals surface area (Å²) in [5, 5.41) is 12.0. The van der Waals surface area contributed by atoms with Gasteiger partial charge < -0.3 is 9.73 Å². The fourth-order valence-electron chi connectivity index (χ4n) is 2.61. The third-order valence-corrected chi connectivity index (χ3v) is 5.39. The van der Waals surface area contributed by atoms with Gasteiger partial charge in [-0.25, -0.2) is 4.39 Å². The van der Waals surface area contributed by atoms with E-state index < -0.39 is 17.0 Å². The maximum Gasteiger partial charge on any atom is 0.265 e. The topological polar surface area (TPSA) is 86.3 Å². The molecule has 2 aromatic rings. The van der Waals surface area contributed by atoms with E-state index >= 15 is 0 Å². The average molecular weight is 385 g/mol. The van der Waals surface area contributed by atoms with E-state index in [0.717, 1.165) is 0 Å². The molecule has 0 bridgehead atoms. The molecule has 1 saturated heterocycles. The zero-order valence-corrected chi connectivity index (χ0v) is 15.3. The van der Waals surface area contributed by atoms with Gasteiger partial charge in [0.1, 0.15) is 28.2 Å². The summed E-state index contributed by atoms with van der Waals surface area (Å²) in [6.45, 7) is 1.97. The van der Waals surface area contributed by atoms with Gasteiger partial charge in [-0.05, 0) is 42.8 Å². The van der Waals surface area contributed by atoms with Crippen LogP contribution in [0.15, 0.2) is 57.7 Å². The molecule has 3 rings (SSSR count). The van der Waals surface area contributed by atoms with Crippen LogP contribution in [0.1, 0.15) is 19.1 Å². The zero-order chi connectivity index (χ0) is 19.4. The molecule has 1 aliphatic rings. The van der Waals surface area contributed by atoms with Crippen LogP contribution in [-0.2, 0) is 16.1 Å². The van der Waals surface area contributed by atoms with E-state index in [1.165, 1.54) is 47.2 Å². The van der Waals surface area contributed by atoms with Crippen molar-refractivity contribution in [2.75, 3.05) is 4.90 Å². The first kappa shape index (κ1) is 18.7. The van der Waals surface area contributed by atoms with Gasteiger partial charge in [0.05, 0.1) is 18.1 Å². The van der Waals surface area contributed by atoms with Gasteiger partial charge in [-0.2, -0.15) is 5.26 Å². The fourth-order valence-corrected chi connectivity index (χ4v) is 3.81. The molecule has 1 aromatic carbocycles. The van der Waals surface area contributed by atoms with Crippen molar-refractivity contribution >= 4 is 29.3 Å². The van der Waals surface area contributed by atoms with Gasteiger partial charge in [-0.3, -0.25) is 14.5 Å². The van der Waals surface area contributed by atoms with Crippen molar-refractivity contribution in [3.8, 4) is 6.07 Å². The van der Waals surface area contributed by atoms with E-state index in [0.29, 0.717) is 17.9 Å². The van der Waals surface area contributed by atoms with Crippen molar-refractivity contribution in [2.45, 2.75) is 25.1 Å². The highest BCUT2D eigenvalue weighted by atomic mass is 32.2. The lowest BCUT2D eigenvalue weighted by atomic mass is 10.2. The first-order valence-electron chi connectivity index (χ1n) is 8.26. The van der Waals surface area contributed by atoms with Crippen LogP contribution in [0.3, 0.4) is 0 Å². The number of anilines is 1. The highest BCUT2D eigenvalue weighted by Crippen LogP contribution is 2.41. The van der Waals surface area contributed by atoms with Crippen molar-refractivity contribution in [3.05, 3.63) is 64.8 Å². The monoisotopic (exact) mass is 385 g/mol. The molecule has 27 heavy (non-hydrogen) atoms. The molecule has 1 fully saturated rings. The number of thioether (sulfide) groups is 1. The SMILES string of the molecule is CC[C@@H]1S/C(=C(/C#N)C(=O)NCc2ccco2)N(c2ccc(F)cc2)C1=O. The van der Waals surface area contributed by atoms with Crippen molar-refractivity contribution in [1.29, 1.82) is 5.26 Å². The number of benzene rings is 1. The zero-order valence-electron chi connectivity index (χ0n) is 14.4. The minimum Gasteiger partial charge on any atom is -0.467 e. The van der Waals surface area contributed by atoms with E-state index in [1.54, 1.807) is 12.1 Å². The highest BCUT2D eigenvalue weighted by molar-refractivity contribution is 8.05. The summed E-state index contributed by atoms with van der Waals surface area (Å²) in [7, 11) is 0. The Morgan fingerprint density at radius 1 is 1.37 bits per heavy atom. The van der Waals surface area contributed by atoms with Crippen LogP contribution in [-0.4, -0.2) is 17.1 Å². The van der Waals surface area contributed by atoms with Crippen LogP contribution in [0.25, 0.3) is 0 Å². The Hall–Kier alpha value is -3.05. The van der Waals surface area contributed by atoms with Crippen LogP contribution in [0.2, 0.25) is 0 Å². The number of carbonyl (C=O) groups excluding carboxylic acids is 2. The number of furan rings is 1. The lowest BCUT2D eigenvalue weighted by molar-refractivity contribution is -0.117. The summed E-state index contributed by atoms with van der Waals surface area (Å²) in [5.41, 5.74) is 0.242. The Labute approximate surface area is 159 Å². The van der Waals surface area contributed by atoms with Crippen molar-refractivity contribution in [3.63, 3.8) is 0 Å². The van der Waals surface area contributed by atoms with Crippen molar-refractivity contribution in [2.24, 2.45) is 0 Å². The molecule has 6 nitrogen and oxygen atoms in total. The fraction of sp³-hybridized carbons (Fsp3) is 0.211. The molecule has 1 N–H and O–H groups in total. The van der Waals surface area contributed by atoms with E-state index in [9.17, 15) is 19.2 Å². The highest BCUT2D eigenvalue weighted by Gasteiger charge is 2.39. The third kappa shape index (κ3) is 3.88. The second-order valence-corrected chi connectivity index (χ2v) is 6.91. The van der Waals surface area contributed by atoms with Crippen LogP contribution < -0.4 is 10.2 Å². The maximum atomic E-state index is 13.3. The quantitative estimate of drug-likeness (QED) is 0.630. The minimum absolute atomic E-state index is 0.122. The first-order chi connectivity index (χ1) is 13.0. The summed E-state index contributed by atoms with van der Waals surface area (Å²) in [6, 6.07) is 10.6. The lowest BCUT2D eigenvalue weighted by Crippen LogP contribution is -2.31. The molecule has 2 amide bonds. The van der Waals surface area contributed by atoms with Gasteiger partial charge in [-0.1, -0.05) is 18.7 Å². The molecule has 138 valence electrons. The second kappa shape index (κ2) is 8.10.